The van der Waals surface area contributed by atoms with Crippen LogP contribution in [0.4, 0.5) is 0 Å². The van der Waals surface area contributed by atoms with Crippen molar-refractivity contribution in [2.24, 2.45) is 0 Å². The Hall–Kier alpha value is -2.78. The number of hydrogen-bond donors (Lipinski definition) is 1. The van der Waals surface area contributed by atoms with Crippen LogP contribution < -0.4 is 5.32 Å². The SMILES string of the molecule is O=C(NC(C(=S)c1ccccc1)c1ccccc1)c1ccccc1. The Morgan fingerprint density at radius 3 is 1.71 bits per heavy atom. The molecule has 0 saturated heterocycles. The molecule has 3 heteroatoms. The summed E-state index contributed by atoms with van der Waals surface area (Å²) in [6, 6.07) is 28.4. The summed E-state index contributed by atoms with van der Waals surface area (Å²) in [6.07, 6.45) is 0. The van der Waals surface area contributed by atoms with E-state index >= 15 is 0 Å². The van der Waals surface area contributed by atoms with Gasteiger partial charge in [-0.05, 0) is 23.3 Å². The van der Waals surface area contributed by atoms with Gasteiger partial charge in [0.05, 0.1) is 6.04 Å². The minimum absolute atomic E-state index is 0.136. The monoisotopic (exact) mass is 331 g/mol. The molecule has 0 aromatic heterocycles. The van der Waals surface area contributed by atoms with E-state index in [0.29, 0.717) is 10.4 Å². The van der Waals surface area contributed by atoms with Crippen molar-refractivity contribution in [3.8, 4) is 0 Å². The highest BCUT2D eigenvalue weighted by Gasteiger charge is 2.21. The van der Waals surface area contributed by atoms with Crippen molar-refractivity contribution in [2.45, 2.75) is 6.04 Å². The maximum Gasteiger partial charge on any atom is 0.252 e. The predicted octanol–water partition coefficient (Wildman–Crippen LogP) is 4.58. The molecule has 118 valence electrons. The second-order valence-electron chi connectivity index (χ2n) is 5.41. The maximum absolute atomic E-state index is 12.6. The van der Waals surface area contributed by atoms with E-state index in [2.05, 4.69) is 5.32 Å². The summed E-state index contributed by atoms with van der Waals surface area (Å²) in [4.78, 5) is 13.3. The minimum atomic E-state index is -0.351. The summed E-state index contributed by atoms with van der Waals surface area (Å²) in [7, 11) is 0. The van der Waals surface area contributed by atoms with E-state index in [1.807, 2.05) is 78.9 Å². The van der Waals surface area contributed by atoms with Crippen molar-refractivity contribution in [2.75, 3.05) is 0 Å². The van der Waals surface area contributed by atoms with E-state index in [4.69, 9.17) is 12.2 Å². The topological polar surface area (TPSA) is 29.1 Å². The molecule has 0 heterocycles. The van der Waals surface area contributed by atoms with Crippen LogP contribution in [0.25, 0.3) is 0 Å². The summed E-state index contributed by atoms with van der Waals surface area (Å²) < 4.78 is 0. The van der Waals surface area contributed by atoms with Crippen molar-refractivity contribution in [1.82, 2.24) is 5.32 Å². The number of rotatable bonds is 5. The first-order valence-corrected chi connectivity index (χ1v) is 8.16. The second-order valence-corrected chi connectivity index (χ2v) is 5.85. The van der Waals surface area contributed by atoms with Crippen molar-refractivity contribution < 1.29 is 4.79 Å². The van der Waals surface area contributed by atoms with Gasteiger partial charge >= 0.3 is 0 Å². The molecular weight excluding hydrogens is 314 g/mol. The van der Waals surface area contributed by atoms with Gasteiger partial charge in [-0.2, -0.15) is 0 Å². The molecule has 2 nitrogen and oxygen atoms in total. The molecule has 0 spiro atoms. The number of carbonyl (C=O) groups is 1. The number of benzene rings is 3. The van der Waals surface area contributed by atoms with Gasteiger partial charge in [0.15, 0.2) is 0 Å². The molecule has 0 aliphatic carbocycles. The third-order valence-corrected chi connectivity index (χ3v) is 4.24. The highest BCUT2D eigenvalue weighted by molar-refractivity contribution is 7.81. The van der Waals surface area contributed by atoms with Gasteiger partial charge < -0.3 is 5.32 Å². The highest BCUT2D eigenvalue weighted by atomic mass is 32.1. The van der Waals surface area contributed by atoms with Crippen LogP contribution >= 0.6 is 12.2 Å². The van der Waals surface area contributed by atoms with Gasteiger partial charge in [0.1, 0.15) is 0 Å². The van der Waals surface area contributed by atoms with Gasteiger partial charge in [0, 0.05) is 10.4 Å². The molecule has 0 fully saturated rings. The Labute approximate surface area is 147 Å². The van der Waals surface area contributed by atoms with Gasteiger partial charge in [0.2, 0.25) is 0 Å². The summed E-state index contributed by atoms with van der Waals surface area (Å²) in [5.74, 6) is -0.136. The molecule has 3 rings (SSSR count). The zero-order valence-electron chi connectivity index (χ0n) is 13.1. The van der Waals surface area contributed by atoms with E-state index in [9.17, 15) is 4.79 Å². The van der Waals surface area contributed by atoms with Crippen LogP contribution in [-0.2, 0) is 0 Å². The lowest BCUT2D eigenvalue weighted by Crippen LogP contribution is -2.33. The second kappa shape index (κ2) is 7.66. The first kappa shape index (κ1) is 16.1. The largest absolute Gasteiger partial charge is 0.340 e. The molecule has 0 aliphatic heterocycles. The molecule has 24 heavy (non-hydrogen) atoms. The molecule has 3 aromatic carbocycles. The fourth-order valence-electron chi connectivity index (χ4n) is 2.52. The van der Waals surface area contributed by atoms with Crippen LogP contribution in [0.1, 0.15) is 27.5 Å². The summed E-state index contributed by atoms with van der Waals surface area (Å²) in [5.41, 5.74) is 2.53. The van der Waals surface area contributed by atoms with Crippen molar-refractivity contribution in [3.05, 3.63) is 108 Å². The molecule has 0 aliphatic rings. The summed E-state index contributed by atoms with van der Waals surface area (Å²) in [6.45, 7) is 0. The van der Waals surface area contributed by atoms with Gasteiger partial charge in [-0.15, -0.1) is 0 Å². The molecule has 1 unspecified atom stereocenters. The summed E-state index contributed by atoms with van der Waals surface area (Å²) >= 11 is 5.68. The zero-order valence-corrected chi connectivity index (χ0v) is 13.9. The maximum atomic E-state index is 12.6. The third kappa shape index (κ3) is 3.76. The fourth-order valence-corrected chi connectivity index (χ4v) is 2.85. The first-order chi connectivity index (χ1) is 11.8. The zero-order chi connectivity index (χ0) is 16.8. The van der Waals surface area contributed by atoms with Crippen LogP contribution in [0, 0.1) is 0 Å². The number of thiocarbonyl (C=S) groups is 1. The van der Waals surface area contributed by atoms with Crippen LogP contribution in [-0.4, -0.2) is 10.8 Å². The van der Waals surface area contributed by atoms with Gasteiger partial charge in [0.25, 0.3) is 5.91 Å². The molecule has 1 N–H and O–H groups in total. The average Bonchev–Trinajstić information content (AvgIpc) is 2.67. The van der Waals surface area contributed by atoms with Crippen LogP contribution in [0.5, 0.6) is 0 Å². The van der Waals surface area contributed by atoms with Gasteiger partial charge in [-0.25, -0.2) is 0 Å². The number of carbonyl (C=O) groups excluding carboxylic acids is 1. The average molecular weight is 331 g/mol. The normalized spacial score (nSPS) is 11.5. The Balaban J connectivity index is 1.91. The molecule has 1 amide bonds. The van der Waals surface area contributed by atoms with Crippen molar-refractivity contribution in [3.63, 3.8) is 0 Å². The lowest BCUT2D eigenvalue weighted by atomic mass is 9.98. The van der Waals surface area contributed by atoms with E-state index in [1.165, 1.54) is 0 Å². The van der Waals surface area contributed by atoms with Gasteiger partial charge in [-0.1, -0.05) is 91.1 Å². The minimum Gasteiger partial charge on any atom is -0.340 e. The van der Waals surface area contributed by atoms with E-state index < -0.39 is 0 Å². The summed E-state index contributed by atoms with van der Waals surface area (Å²) in [5, 5.41) is 3.07. The van der Waals surface area contributed by atoms with Crippen molar-refractivity contribution >= 4 is 23.0 Å². The molecule has 3 aromatic rings. The van der Waals surface area contributed by atoms with E-state index in [0.717, 1.165) is 11.1 Å². The lowest BCUT2D eigenvalue weighted by Gasteiger charge is -2.21. The Kier molecular flexibility index (Phi) is 5.14. The standard InChI is InChI=1S/C21H17NOS/c23-21(18-14-8-3-9-15-18)22-19(16-10-4-1-5-11-16)20(24)17-12-6-2-7-13-17/h1-15,19H,(H,22,23). The van der Waals surface area contributed by atoms with E-state index in [1.54, 1.807) is 12.1 Å². The van der Waals surface area contributed by atoms with Gasteiger partial charge in [-0.3, -0.25) is 4.79 Å². The molecular formula is C21H17NOS. The number of nitrogens with one attached hydrogen (secondary N) is 1. The predicted molar refractivity (Wildman–Crippen MR) is 101 cm³/mol. The Bertz CT molecular complexity index is 816. The Morgan fingerprint density at radius 1 is 0.708 bits per heavy atom. The van der Waals surface area contributed by atoms with E-state index in [-0.39, 0.29) is 11.9 Å². The smallest absolute Gasteiger partial charge is 0.252 e. The lowest BCUT2D eigenvalue weighted by molar-refractivity contribution is 0.0947. The third-order valence-electron chi connectivity index (χ3n) is 3.76. The number of hydrogen-bond acceptors (Lipinski definition) is 2. The molecule has 0 bridgehead atoms. The molecule has 0 radical (unpaired) electrons. The number of amides is 1. The first-order valence-electron chi connectivity index (χ1n) is 7.76. The van der Waals surface area contributed by atoms with Crippen LogP contribution in [0.2, 0.25) is 0 Å². The Morgan fingerprint density at radius 2 is 1.17 bits per heavy atom. The van der Waals surface area contributed by atoms with Crippen LogP contribution in [0.15, 0.2) is 91.0 Å². The van der Waals surface area contributed by atoms with Crippen molar-refractivity contribution in [1.29, 1.82) is 0 Å². The quantitative estimate of drug-likeness (QED) is 0.548. The fraction of sp³-hybridized carbons (Fsp3) is 0.0476. The van der Waals surface area contributed by atoms with Crippen LogP contribution in [0.3, 0.4) is 0 Å². The highest BCUT2D eigenvalue weighted by Crippen LogP contribution is 2.20. The molecule has 1 atom stereocenters. The molecule has 0 saturated carbocycles.